The largest absolute Gasteiger partial charge is 0.460 e. The minimum absolute atomic E-state index is 0.0782. The second-order valence-corrected chi connectivity index (χ2v) is 5.51. The third kappa shape index (κ3) is 2.47. The molecular formula is C14H20O4. The van der Waals surface area contributed by atoms with Gasteiger partial charge >= 0.3 is 5.97 Å². The number of hydrogen-bond donors (Lipinski definition) is 0. The first kappa shape index (κ1) is 13.2. The van der Waals surface area contributed by atoms with Crippen LogP contribution in [0.25, 0.3) is 0 Å². The molecule has 2 fully saturated rings. The van der Waals surface area contributed by atoms with Crippen LogP contribution < -0.4 is 0 Å². The minimum atomic E-state index is -0.842. The summed E-state index contributed by atoms with van der Waals surface area (Å²) in [4.78, 5) is 35.3. The van der Waals surface area contributed by atoms with Crippen molar-refractivity contribution in [1.82, 2.24) is 0 Å². The summed E-state index contributed by atoms with van der Waals surface area (Å²) in [6.07, 6.45) is 6.42. The van der Waals surface area contributed by atoms with E-state index in [1.165, 1.54) is 12.8 Å². The minimum Gasteiger partial charge on any atom is -0.460 e. The van der Waals surface area contributed by atoms with E-state index in [-0.39, 0.29) is 17.8 Å². The molecule has 2 saturated carbocycles. The Balaban J connectivity index is 2.08. The van der Waals surface area contributed by atoms with Crippen LogP contribution in [-0.4, -0.2) is 24.1 Å². The molecular weight excluding hydrogens is 232 g/mol. The molecule has 4 nitrogen and oxygen atoms in total. The molecule has 0 heterocycles. The van der Waals surface area contributed by atoms with Gasteiger partial charge in [-0.2, -0.15) is 0 Å². The molecule has 0 aromatic carbocycles. The van der Waals surface area contributed by atoms with Gasteiger partial charge in [-0.3, -0.25) is 9.59 Å². The number of rotatable bonds is 3. The molecule has 18 heavy (non-hydrogen) atoms. The Kier molecular flexibility index (Phi) is 3.83. The molecule has 0 amide bonds. The van der Waals surface area contributed by atoms with Gasteiger partial charge in [0.25, 0.3) is 0 Å². The summed E-state index contributed by atoms with van der Waals surface area (Å²) in [5, 5.41) is 0. The molecule has 0 N–H and O–H groups in total. The molecule has 0 aromatic rings. The fourth-order valence-corrected chi connectivity index (χ4v) is 3.37. The fourth-order valence-electron chi connectivity index (χ4n) is 3.37. The molecule has 2 rings (SSSR count). The summed E-state index contributed by atoms with van der Waals surface area (Å²) >= 11 is 0. The van der Waals surface area contributed by atoms with Crippen molar-refractivity contribution in [2.24, 2.45) is 11.3 Å². The first-order chi connectivity index (χ1) is 8.58. The number of ketones is 2. The van der Waals surface area contributed by atoms with E-state index in [1.54, 1.807) is 6.92 Å². The van der Waals surface area contributed by atoms with Crippen LogP contribution >= 0.6 is 0 Å². The summed E-state index contributed by atoms with van der Waals surface area (Å²) in [7, 11) is 0. The summed E-state index contributed by atoms with van der Waals surface area (Å²) < 4.78 is 4.72. The van der Waals surface area contributed by atoms with Gasteiger partial charge < -0.3 is 4.74 Å². The van der Waals surface area contributed by atoms with Crippen LogP contribution in [0, 0.1) is 11.3 Å². The highest BCUT2D eigenvalue weighted by atomic mass is 16.5. The van der Waals surface area contributed by atoms with Gasteiger partial charge in [-0.25, -0.2) is 4.79 Å². The van der Waals surface area contributed by atoms with E-state index in [9.17, 15) is 14.4 Å². The zero-order chi connectivity index (χ0) is 13.2. The Morgan fingerprint density at radius 2 is 1.94 bits per heavy atom. The fraction of sp³-hybridized carbons (Fsp3) is 0.786. The highest BCUT2D eigenvalue weighted by molar-refractivity contribution is 6.38. The summed E-state index contributed by atoms with van der Waals surface area (Å²) in [6, 6.07) is 0. The topological polar surface area (TPSA) is 60.4 Å². The Morgan fingerprint density at radius 1 is 1.28 bits per heavy atom. The van der Waals surface area contributed by atoms with E-state index in [2.05, 4.69) is 0 Å². The van der Waals surface area contributed by atoms with Crippen LogP contribution in [0.3, 0.4) is 0 Å². The predicted molar refractivity (Wildman–Crippen MR) is 64.9 cm³/mol. The van der Waals surface area contributed by atoms with Gasteiger partial charge in [-0.05, 0) is 38.0 Å². The summed E-state index contributed by atoms with van der Waals surface area (Å²) in [5.74, 6) is -2.29. The monoisotopic (exact) mass is 252 g/mol. The van der Waals surface area contributed by atoms with E-state index in [0.717, 1.165) is 19.3 Å². The molecule has 2 aliphatic rings. The maximum Gasteiger partial charge on any atom is 0.375 e. The zero-order valence-electron chi connectivity index (χ0n) is 10.9. The lowest BCUT2D eigenvalue weighted by molar-refractivity contribution is -0.158. The Labute approximate surface area is 107 Å². The zero-order valence-corrected chi connectivity index (χ0v) is 10.9. The molecule has 1 unspecified atom stereocenters. The lowest BCUT2D eigenvalue weighted by Crippen LogP contribution is -2.40. The maximum atomic E-state index is 11.9. The van der Waals surface area contributed by atoms with Crippen molar-refractivity contribution in [3.8, 4) is 0 Å². The molecule has 0 radical (unpaired) electrons. The van der Waals surface area contributed by atoms with Gasteiger partial charge in [0.1, 0.15) is 5.78 Å². The number of carbonyl (C=O) groups is 3. The second kappa shape index (κ2) is 5.21. The van der Waals surface area contributed by atoms with E-state index >= 15 is 0 Å². The highest BCUT2D eigenvalue weighted by Gasteiger charge is 2.46. The summed E-state index contributed by atoms with van der Waals surface area (Å²) in [5.41, 5.74) is 0.140. The average Bonchev–Trinajstić information content (AvgIpc) is 2.81. The quantitative estimate of drug-likeness (QED) is 0.438. The van der Waals surface area contributed by atoms with Crippen molar-refractivity contribution in [2.75, 3.05) is 6.61 Å². The predicted octanol–water partition coefficient (Wildman–Crippen LogP) is 2.05. The molecule has 0 bridgehead atoms. The second-order valence-electron chi connectivity index (χ2n) is 5.51. The van der Waals surface area contributed by atoms with Crippen molar-refractivity contribution < 1.29 is 19.1 Å². The van der Waals surface area contributed by atoms with Crippen molar-refractivity contribution in [1.29, 1.82) is 0 Å². The molecule has 100 valence electrons. The third-order valence-electron chi connectivity index (χ3n) is 4.38. The van der Waals surface area contributed by atoms with Crippen LogP contribution in [0.1, 0.15) is 51.9 Å². The van der Waals surface area contributed by atoms with Gasteiger partial charge in [-0.15, -0.1) is 0 Å². The lowest BCUT2D eigenvalue weighted by Gasteiger charge is -2.36. The van der Waals surface area contributed by atoms with Gasteiger partial charge in [0.05, 0.1) is 12.5 Å². The molecule has 0 aromatic heterocycles. The Hall–Kier alpha value is -1.19. The van der Waals surface area contributed by atoms with E-state index in [1.807, 2.05) is 0 Å². The molecule has 0 aliphatic heterocycles. The van der Waals surface area contributed by atoms with Crippen molar-refractivity contribution in [3.63, 3.8) is 0 Å². The van der Waals surface area contributed by atoms with Gasteiger partial charge in [0.2, 0.25) is 5.78 Å². The Bertz CT molecular complexity index is 366. The van der Waals surface area contributed by atoms with Gasteiger partial charge in [0, 0.05) is 6.42 Å². The maximum absolute atomic E-state index is 11.9. The number of Topliss-reactive ketones (excluding diaryl/α,β-unsaturated/α-hetero) is 2. The van der Waals surface area contributed by atoms with Crippen molar-refractivity contribution in [3.05, 3.63) is 0 Å². The normalized spacial score (nSPS) is 26.3. The molecule has 1 spiro atoms. The van der Waals surface area contributed by atoms with Crippen LogP contribution in [-0.2, 0) is 19.1 Å². The van der Waals surface area contributed by atoms with Gasteiger partial charge in [0.15, 0.2) is 0 Å². The number of esters is 1. The summed E-state index contributed by atoms with van der Waals surface area (Å²) in [6.45, 7) is 1.84. The number of carbonyl (C=O) groups excluding carboxylic acids is 3. The smallest absolute Gasteiger partial charge is 0.375 e. The van der Waals surface area contributed by atoms with Crippen LogP contribution in [0.2, 0.25) is 0 Å². The molecule has 0 saturated heterocycles. The standard InChI is InChI=1S/C14H20O4/c1-2-18-13(17)12(16)10-9-14(6-3-4-7-14)8-5-11(10)15/h10H,2-9H2,1H3. The first-order valence-electron chi connectivity index (χ1n) is 6.82. The molecule has 1 atom stereocenters. The first-order valence-corrected chi connectivity index (χ1v) is 6.82. The average molecular weight is 252 g/mol. The van der Waals surface area contributed by atoms with E-state index in [4.69, 9.17) is 4.74 Å². The SMILES string of the molecule is CCOC(=O)C(=O)C1CC2(CCCC2)CCC1=O. The van der Waals surface area contributed by atoms with E-state index < -0.39 is 17.7 Å². The molecule has 4 heteroatoms. The van der Waals surface area contributed by atoms with Crippen LogP contribution in [0.5, 0.6) is 0 Å². The third-order valence-corrected chi connectivity index (χ3v) is 4.38. The highest BCUT2D eigenvalue weighted by Crippen LogP contribution is 2.49. The lowest BCUT2D eigenvalue weighted by atomic mass is 9.67. The van der Waals surface area contributed by atoms with E-state index in [0.29, 0.717) is 12.8 Å². The van der Waals surface area contributed by atoms with Gasteiger partial charge in [-0.1, -0.05) is 12.8 Å². The Morgan fingerprint density at radius 3 is 2.56 bits per heavy atom. The number of hydrogen-bond acceptors (Lipinski definition) is 4. The number of ether oxygens (including phenoxy) is 1. The van der Waals surface area contributed by atoms with Crippen LogP contribution in [0.4, 0.5) is 0 Å². The van der Waals surface area contributed by atoms with Crippen molar-refractivity contribution >= 4 is 17.5 Å². The van der Waals surface area contributed by atoms with Crippen LogP contribution in [0.15, 0.2) is 0 Å². The van der Waals surface area contributed by atoms with Crippen molar-refractivity contribution in [2.45, 2.75) is 51.9 Å². The molecule has 2 aliphatic carbocycles.